The normalized spacial score (nSPS) is 15.1. The molecule has 0 aromatic heterocycles. The van der Waals surface area contributed by atoms with Crippen LogP contribution in [0.4, 0.5) is 0 Å². The first kappa shape index (κ1) is 10.7. The number of hydrogen-bond acceptors (Lipinski definition) is 1. The summed E-state index contributed by atoms with van der Waals surface area (Å²) < 4.78 is 0. The lowest BCUT2D eigenvalue weighted by Gasteiger charge is -2.05. The van der Waals surface area contributed by atoms with E-state index in [2.05, 4.69) is 11.8 Å². The molecule has 0 spiro atoms. The second kappa shape index (κ2) is 4.81. The van der Waals surface area contributed by atoms with E-state index in [1.54, 1.807) is 6.08 Å². The third-order valence-electron chi connectivity index (χ3n) is 2.71. The monoisotopic (exact) mass is 210 g/mol. The van der Waals surface area contributed by atoms with Crippen LogP contribution in [-0.4, -0.2) is 5.78 Å². The second-order valence-corrected chi connectivity index (χ2v) is 4.05. The van der Waals surface area contributed by atoms with Crippen molar-refractivity contribution < 1.29 is 4.79 Å². The van der Waals surface area contributed by atoms with Crippen LogP contribution < -0.4 is 0 Å². The highest BCUT2D eigenvalue weighted by Crippen LogP contribution is 2.14. The van der Waals surface area contributed by atoms with Crippen molar-refractivity contribution in [2.24, 2.45) is 0 Å². The van der Waals surface area contributed by atoms with E-state index in [0.29, 0.717) is 6.42 Å². The molecule has 1 aromatic carbocycles. The van der Waals surface area contributed by atoms with E-state index in [4.69, 9.17) is 0 Å². The van der Waals surface area contributed by atoms with Crippen LogP contribution in [0.15, 0.2) is 35.9 Å². The van der Waals surface area contributed by atoms with E-state index in [1.165, 1.54) is 5.56 Å². The molecule has 1 aliphatic carbocycles. The third kappa shape index (κ3) is 2.61. The van der Waals surface area contributed by atoms with Gasteiger partial charge in [-0.1, -0.05) is 30.0 Å². The molecule has 1 nitrogen and oxygen atoms in total. The summed E-state index contributed by atoms with van der Waals surface area (Å²) in [5.74, 6) is 6.44. The smallest absolute Gasteiger partial charge is 0.156 e. The van der Waals surface area contributed by atoms with Gasteiger partial charge in [0.15, 0.2) is 5.78 Å². The van der Waals surface area contributed by atoms with Crippen molar-refractivity contribution in [3.8, 4) is 11.8 Å². The third-order valence-corrected chi connectivity index (χ3v) is 2.71. The number of aryl methyl sites for hydroxylation is 1. The zero-order valence-electron chi connectivity index (χ0n) is 9.42. The fourth-order valence-electron chi connectivity index (χ4n) is 1.75. The molecule has 16 heavy (non-hydrogen) atoms. The molecule has 1 heteroatoms. The number of benzene rings is 1. The molecule has 2 rings (SSSR count). The molecule has 0 heterocycles. The Kier molecular flexibility index (Phi) is 3.22. The molecule has 0 radical (unpaired) electrons. The summed E-state index contributed by atoms with van der Waals surface area (Å²) in [5, 5.41) is 0. The van der Waals surface area contributed by atoms with E-state index in [0.717, 1.165) is 24.0 Å². The predicted octanol–water partition coefficient (Wildman–Crippen LogP) is 3.03. The summed E-state index contributed by atoms with van der Waals surface area (Å²) in [5.41, 5.74) is 3.19. The number of rotatable bonds is 0. The average molecular weight is 210 g/mol. The Morgan fingerprint density at radius 1 is 1.12 bits per heavy atom. The Morgan fingerprint density at radius 3 is 2.69 bits per heavy atom. The summed E-state index contributed by atoms with van der Waals surface area (Å²) in [7, 11) is 0. The topological polar surface area (TPSA) is 17.1 Å². The molecule has 0 N–H and O–H groups in total. The largest absolute Gasteiger partial charge is 0.295 e. The van der Waals surface area contributed by atoms with Gasteiger partial charge in [-0.05, 0) is 37.5 Å². The van der Waals surface area contributed by atoms with Crippen LogP contribution in [0.3, 0.4) is 0 Å². The molecule has 80 valence electrons. The van der Waals surface area contributed by atoms with Crippen LogP contribution >= 0.6 is 0 Å². The van der Waals surface area contributed by atoms with E-state index >= 15 is 0 Å². The van der Waals surface area contributed by atoms with Crippen molar-refractivity contribution in [1.29, 1.82) is 0 Å². The van der Waals surface area contributed by atoms with Gasteiger partial charge >= 0.3 is 0 Å². The predicted molar refractivity (Wildman–Crippen MR) is 65.0 cm³/mol. The summed E-state index contributed by atoms with van der Waals surface area (Å²) in [4.78, 5) is 11.2. The van der Waals surface area contributed by atoms with Crippen molar-refractivity contribution in [3.05, 3.63) is 47.0 Å². The number of carbonyl (C=O) groups is 1. The molecule has 0 aliphatic heterocycles. The molecule has 1 aromatic rings. The van der Waals surface area contributed by atoms with Gasteiger partial charge in [0.1, 0.15) is 0 Å². The van der Waals surface area contributed by atoms with Crippen LogP contribution in [0.1, 0.15) is 30.4 Å². The van der Waals surface area contributed by atoms with Crippen molar-refractivity contribution in [2.45, 2.75) is 26.2 Å². The first-order valence-electron chi connectivity index (χ1n) is 5.57. The second-order valence-electron chi connectivity index (χ2n) is 4.05. The number of carbonyl (C=O) groups excluding carboxylic acids is 1. The molecule has 0 unspecified atom stereocenters. The van der Waals surface area contributed by atoms with Crippen LogP contribution in [0.5, 0.6) is 0 Å². The Balaban J connectivity index is 2.22. The van der Waals surface area contributed by atoms with Gasteiger partial charge in [-0.15, -0.1) is 0 Å². The summed E-state index contributed by atoms with van der Waals surface area (Å²) >= 11 is 0. The molecule has 1 aliphatic rings. The Labute approximate surface area is 96.2 Å². The maximum atomic E-state index is 11.2. The molecular weight excluding hydrogens is 196 g/mol. The van der Waals surface area contributed by atoms with Gasteiger partial charge in [0.25, 0.3) is 0 Å². The van der Waals surface area contributed by atoms with Gasteiger partial charge in [0.05, 0.1) is 0 Å². The Morgan fingerprint density at radius 2 is 1.94 bits per heavy atom. The Hall–Kier alpha value is -1.81. The standard InChI is InChI=1S/C15H14O/c1-12-5-2-3-7-14(12)10-9-13-6-4-8-15(16)11-13/h2-3,5,7,11H,4,6,8H2,1H3. The zero-order valence-corrected chi connectivity index (χ0v) is 9.42. The summed E-state index contributed by atoms with van der Waals surface area (Å²) in [6.07, 6.45) is 4.24. The maximum absolute atomic E-state index is 11.2. The summed E-state index contributed by atoms with van der Waals surface area (Å²) in [6.45, 7) is 2.05. The van der Waals surface area contributed by atoms with E-state index in [9.17, 15) is 4.79 Å². The lowest BCUT2D eigenvalue weighted by Crippen LogP contribution is -2.01. The van der Waals surface area contributed by atoms with Gasteiger partial charge in [-0.25, -0.2) is 0 Å². The molecule has 0 fully saturated rings. The number of allylic oxidation sites excluding steroid dienone is 2. The SMILES string of the molecule is Cc1ccccc1C#CC1=CC(=O)CCC1. The van der Waals surface area contributed by atoms with Gasteiger partial charge in [0.2, 0.25) is 0 Å². The fourth-order valence-corrected chi connectivity index (χ4v) is 1.75. The maximum Gasteiger partial charge on any atom is 0.156 e. The Bertz CT molecular complexity index is 498. The van der Waals surface area contributed by atoms with Gasteiger partial charge in [-0.3, -0.25) is 4.79 Å². The summed E-state index contributed by atoms with van der Waals surface area (Å²) in [6, 6.07) is 8.04. The lowest BCUT2D eigenvalue weighted by molar-refractivity contribution is -0.115. The highest BCUT2D eigenvalue weighted by atomic mass is 16.1. The minimum atomic E-state index is 0.209. The van der Waals surface area contributed by atoms with Gasteiger partial charge < -0.3 is 0 Å². The molecule has 0 atom stereocenters. The van der Waals surface area contributed by atoms with E-state index in [-0.39, 0.29) is 5.78 Å². The van der Waals surface area contributed by atoms with Crippen molar-refractivity contribution >= 4 is 5.78 Å². The molecule has 0 bridgehead atoms. The fraction of sp³-hybridized carbons (Fsp3) is 0.267. The number of ketones is 1. The molecule has 0 amide bonds. The minimum absolute atomic E-state index is 0.209. The van der Waals surface area contributed by atoms with Crippen LogP contribution in [0.2, 0.25) is 0 Å². The number of hydrogen-bond donors (Lipinski definition) is 0. The van der Waals surface area contributed by atoms with Crippen molar-refractivity contribution in [3.63, 3.8) is 0 Å². The van der Waals surface area contributed by atoms with Crippen molar-refractivity contribution in [1.82, 2.24) is 0 Å². The zero-order chi connectivity index (χ0) is 11.4. The lowest BCUT2D eigenvalue weighted by atomic mass is 9.98. The van der Waals surface area contributed by atoms with Gasteiger partial charge in [-0.2, -0.15) is 0 Å². The quantitative estimate of drug-likeness (QED) is 0.601. The average Bonchev–Trinajstić information content (AvgIpc) is 2.28. The van der Waals surface area contributed by atoms with E-state index in [1.807, 2.05) is 31.2 Å². The highest BCUT2D eigenvalue weighted by molar-refractivity contribution is 5.92. The van der Waals surface area contributed by atoms with Gasteiger partial charge in [0, 0.05) is 17.6 Å². The van der Waals surface area contributed by atoms with Crippen LogP contribution in [-0.2, 0) is 4.79 Å². The first-order chi connectivity index (χ1) is 7.75. The first-order valence-corrected chi connectivity index (χ1v) is 5.57. The van der Waals surface area contributed by atoms with Crippen LogP contribution in [0, 0.1) is 18.8 Å². The highest BCUT2D eigenvalue weighted by Gasteiger charge is 2.07. The van der Waals surface area contributed by atoms with Crippen LogP contribution in [0.25, 0.3) is 0 Å². The molecule has 0 saturated carbocycles. The molecular formula is C15H14O. The van der Waals surface area contributed by atoms with Crippen molar-refractivity contribution in [2.75, 3.05) is 0 Å². The minimum Gasteiger partial charge on any atom is -0.295 e. The van der Waals surface area contributed by atoms with E-state index < -0.39 is 0 Å². The molecule has 0 saturated heterocycles.